The molecule has 0 aliphatic carbocycles. The number of rotatable bonds is 3. The van der Waals surface area contributed by atoms with Crippen molar-refractivity contribution >= 4 is 11.8 Å². The summed E-state index contributed by atoms with van der Waals surface area (Å²) in [6, 6.07) is 0. The fourth-order valence-electron chi connectivity index (χ4n) is 1.36. The Balaban J connectivity index is 2.12. The van der Waals surface area contributed by atoms with Gasteiger partial charge in [-0.2, -0.15) is 11.8 Å². The van der Waals surface area contributed by atoms with Gasteiger partial charge in [-0.25, -0.2) is 9.97 Å². The standard InChI is InChI=1S/C9H13N3S/c1-2-13-6-9-11-4-7-3-10-5-8(7)12-9/h4,10H,2-3,5-6H2,1H3. The largest absolute Gasteiger partial charge is 0.307 e. The van der Waals surface area contributed by atoms with Crippen molar-refractivity contribution in [1.29, 1.82) is 0 Å². The molecule has 0 unspecified atom stereocenters. The van der Waals surface area contributed by atoms with Gasteiger partial charge < -0.3 is 5.32 Å². The molecule has 1 N–H and O–H groups in total. The second-order valence-corrected chi connectivity index (χ2v) is 4.27. The van der Waals surface area contributed by atoms with E-state index in [1.807, 2.05) is 18.0 Å². The highest BCUT2D eigenvalue weighted by molar-refractivity contribution is 7.98. The maximum Gasteiger partial charge on any atom is 0.138 e. The molecule has 2 heterocycles. The van der Waals surface area contributed by atoms with Crippen LogP contribution in [-0.2, 0) is 18.8 Å². The summed E-state index contributed by atoms with van der Waals surface area (Å²) in [5.41, 5.74) is 2.44. The van der Waals surface area contributed by atoms with Crippen LogP contribution < -0.4 is 5.32 Å². The lowest BCUT2D eigenvalue weighted by Crippen LogP contribution is -2.01. The Morgan fingerprint density at radius 2 is 2.46 bits per heavy atom. The van der Waals surface area contributed by atoms with Gasteiger partial charge in [0.25, 0.3) is 0 Å². The van der Waals surface area contributed by atoms with Crippen LogP contribution in [0.1, 0.15) is 24.0 Å². The molecule has 13 heavy (non-hydrogen) atoms. The van der Waals surface area contributed by atoms with E-state index in [0.717, 1.165) is 30.4 Å². The first kappa shape index (κ1) is 8.97. The van der Waals surface area contributed by atoms with Gasteiger partial charge in [0, 0.05) is 24.8 Å². The summed E-state index contributed by atoms with van der Waals surface area (Å²) >= 11 is 1.86. The molecule has 0 saturated heterocycles. The zero-order valence-electron chi connectivity index (χ0n) is 7.71. The molecule has 0 saturated carbocycles. The minimum atomic E-state index is 0.904. The van der Waals surface area contributed by atoms with Crippen molar-refractivity contribution in [3.63, 3.8) is 0 Å². The molecular weight excluding hydrogens is 182 g/mol. The van der Waals surface area contributed by atoms with E-state index in [1.54, 1.807) is 0 Å². The first-order valence-electron chi connectivity index (χ1n) is 4.52. The van der Waals surface area contributed by atoms with E-state index >= 15 is 0 Å². The van der Waals surface area contributed by atoms with Gasteiger partial charge in [0.15, 0.2) is 0 Å². The van der Waals surface area contributed by atoms with Crippen molar-refractivity contribution in [3.8, 4) is 0 Å². The second-order valence-electron chi connectivity index (χ2n) is 3.00. The molecule has 0 aromatic carbocycles. The smallest absolute Gasteiger partial charge is 0.138 e. The molecule has 1 aromatic heterocycles. The minimum Gasteiger partial charge on any atom is -0.307 e. The summed E-state index contributed by atoms with van der Waals surface area (Å²) in [6.45, 7) is 3.98. The molecule has 2 rings (SSSR count). The van der Waals surface area contributed by atoms with E-state index in [0.29, 0.717) is 0 Å². The van der Waals surface area contributed by atoms with Crippen molar-refractivity contribution in [3.05, 3.63) is 23.3 Å². The highest BCUT2D eigenvalue weighted by Crippen LogP contribution is 2.14. The maximum atomic E-state index is 4.50. The highest BCUT2D eigenvalue weighted by Gasteiger charge is 2.12. The Morgan fingerprint density at radius 3 is 3.31 bits per heavy atom. The van der Waals surface area contributed by atoms with Crippen LogP contribution in [0.4, 0.5) is 0 Å². The molecule has 0 radical (unpaired) electrons. The fraction of sp³-hybridized carbons (Fsp3) is 0.556. The van der Waals surface area contributed by atoms with Gasteiger partial charge in [0.05, 0.1) is 11.4 Å². The average Bonchev–Trinajstić information content (AvgIpc) is 2.61. The highest BCUT2D eigenvalue weighted by atomic mass is 32.2. The molecule has 1 aromatic rings. The van der Waals surface area contributed by atoms with Crippen LogP contribution in [0.25, 0.3) is 0 Å². The number of thioether (sulfide) groups is 1. The van der Waals surface area contributed by atoms with E-state index in [-0.39, 0.29) is 0 Å². The number of hydrogen-bond acceptors (Lipinski definition) is 4. The molecule has 0 spiro atoms. The zero-order chi connectivity index (χ0) is 9.10. The lowest BCUT2D eigenvalue weighted by Gasteiger charge is -2.00. The molecule has 1 aliphatic heterocycles. The number of nitrogens with zero attached hydrogens (tertiary/aromatic N) is 2. The number of hydrogen-bond donors (Lipinski definition) is 1. The van der Waals surface area contributed by atoms with Crippen molar-refractivity contribution in [2.45, 2.75) is 25.8 Å². The first-order valence-corrected chi connectivity index (χ1v) is 5.67. The summed E-state index contributed by atoms with van der Waals surface area (Å²) in [5.74, 6) is 3.02. The van der Waals surface area contributed by atoms with Crippen LogP contribution in [-0.4, -0.2) is 15.7 Å². The number of aromatic nitrogens is 2. The molecule has 0 fully saturated rings. The monoisotopic (exact) mass is 195 g/mol. The Morgan fingerprint density at radius 1 is 1.54 bits per heavy atom. The molecule has 70 valence electrons. The van der Waals surface area contributed by atoms with Crippen LogP contribution in [0.3, 0.4) is 0 Å². The molecule has 0 amide bonds. The van der Waals surface area contributed by atoms with Gasteiger partial charge in [-0.3, -0.25) is 0 Å². The van der Waals surface area contributed by atoms with E-state index in [9.17, 15) is 0 Å². The van der Waals surface area contributed by atoms with Crippen LogP contribution in [0.5, 0.6) is 0 Å². The minimum absolute atomic E-state index is 0.904. The summed E-state index contributed by atoms with van der Waals surface area (Å²) < 4.78 is 0. The average molecular weight is 195 g/mol. The van der Waals surface area contributed by atoms with Gasteiger partial charge in [-0.1, -0.05) is 6.92 Å². The molecule has 0 atom stereocenters. The van der Waals surface area contributed by atoms with Crippen molar-refractivity contribution < 1.29 is 0 Å². The van der Waals surface area contributed by atoms with Gasteiger partial charge in [0.2, 0.25) is 0 Å². The Labute approximate surface area is 82.4 Å². The van der Waals surface area contributed by atoms with E-state index in [1.165, 1.54) is 11.3 Å². The third kappa shape index (κ3) is 2.00. The van der Waals surface area contributed by atoms with Crippen LogP contribution >= 0.6 is 11.8 Å². The maximum absolute atomic E-state index is 4.50. The van der Waals surface area contributed by atoms with Gasteiger partial charge in [-0.05, 0) is 5.75 Å². The molecular formula is C9H13N3S. The number of nitrogens with one attached hydrogen (secondary N) is 1. The van der Waals surface area contributed by atoms with Gasteiger partial charge >= 0.3 is 0 Å². The zero-order valence-corrected chi connectivity index (χ0v) is 8.52. The summed E-state index contributed by atoms with van der Waals surface area (Å²) in [6.07, 6.45) is 1.95. The molecule has 3 nitrogen and oxygen atoms in total. The quantitative estimate of drug-likeness (QED) is 0.789. The molecule has 1 aliphatic rings. The van der Waals surface area contributed by atoms with E-state index < -0.39 is 0 Å². The van der Waals surface area contributed by atoms with Gasteiger partial charge in [0.1, 0.15) is 5.82 Å². The van der Waals surface area contributed by atoms with Crippen molar-refractivity contribution in [2.24, 2.45) is 0 Å². The lowest BCUT2D eigenvalue weighted by molar-refractivity contribution is 0.756. The Hall–Kier alpha value is -0.610. The first-order chi connectivity index (χ1) is 6.40. The van der Waals surface area contributed by atoms with Crippen molar-refractivity contribution in [2.75, 3.05) is 5.75 Å². The third-order valence-electron chi connectivity index (χ3n) is 2.05. The normalized spacial score (nSPS) is 14.5. The van der Waals surface area contributed by atoms with Crippen LogP contribution in [0.2, 0.25) is 0 Å². The summed E-state index contributed by atoms with van der Waals surface area (Å²) in [4.78, 5) is 8.81. The summed E-state index contributed by atoms with van der Waals surface area (Å²) in [5, 5.41) is 3.26. The van der Waals surface area contributed by atoms with E-state index in [2.05, 4.69) is 22.2 Å². The predicted octanol–water partition coefficient (Wildman–Crippen LogP) is 1.33. The van der Waals surface area contributed by atoms with Crippen LogP contribution in [0.15, 0.2) is 6.20 Å². The lowest BCUT2D eigenvalue weighted by atomic mass is 10.3. The Kier molecular flexibility index (Phi) is 2.80. The van der Waals surface area contributed by atoms with Gasteiger partial charge in [-0.15, -0.1) is 0 Å². The predicted molar refractivity (Wildman–Crippen MR) is 54.4 cm³/mol. The topological polar surface area (TPSA) is 37.8 Å². The third-order valence-corrected chi connectivity index (χ3v) is 2.92. The second kappa shape index (κ2) is 4.07. The number of fused-ring (bicyclic) bond motifs is 1. The Bertz CT molecular complexity index is 301. The molecule has 0 bridgehead atoms. The summed E-state index contributed by atoms with van der Waals surface area (Å²) in [7, 11) is 0. The molecule has 4 heteroatoms. The van der Waals surface area contributed by atoms with Crippen molar-refractivity contribution in [1.82, 2.24) is 15.3 Å². The van der Waals surface area contributed by atoms with E-state index in [4.69, 9.17) is 0 Å². The fourth-order valence-corrected chi connectivity index (χ4v) is 1.89. The van der Waals surface area contributed by atoms with Crippen LogP contribution in [0, 0.1) is 0 Å². The SMILES string of the molecule is CCSCc1ncc2c(n1)CNC2.